The van der Waals surface area contributed by atoms with E-state index in [-0.39, 0.29) is 111 Å². The molecule has 1 unspecified atom stereocenters. The largest absolute Gasteiger partial charge is 0.497 e. The smallest absolute Gasteiger partial charge is 0.342 e. The van der Waals surface area contributed by atoms with E-state index >= 15 is 0 Å². The van der Waals surface area contributed by atoms with Gasteiger partial charge >= 0.3 is 5.97 Å². The van der Waals surface area contributed by atoms with E-state index in [4.69, 9.17) is 47.4 Å². The first kappa shape index (κ1) is 79.7. The van der Waals surface area contributed by atoms with E-state index in [1.807, 2.05) is 56.2 Å². The number of rotatable bonds is 34. The van der Waals surface area contributed by atoms with Crippen molar-refractivity contribution in [2.75, 3.05) is 98.9 Å². The molecule has 0 aromatic heterocycles. The Hall–Kier alpha value is -9.29. The second-order valence-electron chi connectivity index (χ2n) is 26.7. The van der Waals surface area contributed by atoms with E-state index in [1.165, 1.54) is 45.6 Å². The molecule has 0 spiro atoms. The summed E-state index contributed by atoms with van der Waals surface area (Å²) in [6.07, 6.45) is 10.9. The summed E-state index contributed by atoms with van der Waals surface area (Å²) in [5.41, 5.74) is 3.61. The first-order valence-electron chi connectivity index (χ1n) is 34.4. The standard InChI is InChI=1S/C76H83N3O25S4/c1-9-78-58-26-24-53-55(42-51(105(83,84)85)44-64(53)107(89,90)91)70(58)74(2,3)66(78)16-12-10-13-17-67-75(4,5)71-56-43-52(106(86,87)88)45-65(108(92,93)94)54(56)25-27-59(71)79(67)30-15-11-14-18-68(80)77-29-31-98-32-33-99-34-35-100-36-37-101-63-40-47(39-62(96-7)72(63)97-8)38-57-69(48-19-28-60-61(41-48)103-46-102-60)73(81)104-76(57,82)49-20-22-50(95-6)23-21-49/h10,12-13,16-17,19-28,39-45,82H,9,11,14-15,18,29-38,46H2,1-8H3,(H4-,77,80,83,84,85,86,87,88,89,90,91,92,93,94)/p+1. The van der Waals surface area contributed by atoms with Gasteiger partial charge in [-0.15, -0.1) is 0 Å². The van der Waals surface area contributed by atoms with Crippen molar-refractivity contribution in [1.82, 2.24) is 5.32 Å². The molecule has 0 fully saturated rings. The van der Waals surface area contributed by atoms with E-state index in [1.54, 1.807) is 85.0 Å². The molecule has 7 aromatic rings. The lowest BCUT2D eigenvalue weighted by Crippen LogP contribution is -2.29. The Morgan fingerprint density at radius 2 is 1.23 bits per heavy atom. The number of cyclic esters (lactones) is 1. The summed E-state index contributed by atoms with van der Waals surface area (Å²) in [4.78, 5) is 26.0. The molecule has 0 radical (unpaired) electrons. The van der Waals surface area contributed by atoms with Crippen molar-refractivity contribution in [3.8, 4) is 34.5 Å². The third-order valence-electron chi connectivity index (χ3n) is 19.3. The van der Waals surface area contributed by atoms with E-state index in [0.717, 1.165) is 5.70 Å². The Morgan fingerprint density at radius 3 is 1.84 bits per heavy atom. The van der Waals surface area contributed by atoms with Crippen LogP contribution in [0.4, 0.5) is 11.4 Å². The maximum atomic E-state index is 13.8. The third-order valence-corrected chi connectivity index (χ3v) is 22.7. The van der Waals surface area contributed by atoms with Gasteiger partial charge in [-0.05, 0) is 152 Å². The van der Waals surface area contributed by atoms with Gasteiger partial charge in [0.25, 0.3) is 46.3 Å². The quantitative estimate of drug-likeness (QED) is 0.00717. The van der Waals surface area contributed by atoms with Gasteiger partial charge in [0.15, 0.2) is 28.7 Å². The summed E-state index contributed by atoms with van der Waals surface area (Å²) in [5.74, 6) is -0.639. The molecule has 11 rings (SSSR count). The highest BCUT2D eigenvalue weighted by Crippen LogP contribution is 2.53. The van der Waals surface area contributed by atoms with Crippen molar-refractivity contribution >= 4 is 96.6 Å². The number of nitrogens with zero attached hydrogens (tertiary/aromatic N) is 2. The predicted molar refractivity (Wildman–Crippen MR) is 398 cm³/mol. The molecule has 4 aliphatic heterocycles. The molecule has 0 saturated heterocycles. The maximum Gasteiger partial charge on any atom is 0.342 e. The topological polar surface area (TPSA) is 382 Å². The van der Waals surface area contributed by atoms with Crippen LogP contribution in [-0.2, 0) is 92.0 Å². The van der Waals surface area contributed by atoms with Crippen LogP contribution in [0.3, 0.4) is 0 Å². The van der Waals surface area contributed by atoms with Crippen molar-refractivity contribution in [2.45, 2.75) is 103 Å². The molecule has 576 valence electrons. The Labute approximate surface area is 625 Å². The fourth-order valence-electron chi connectivity index (χ4n) is 14.3. The van der Waals surface area contributed by atoms with Crippen LogP contribution in [-0.4, -0.2) is 173 Å². The summed E-state index contributed by atoms with van der Waals surface area (Å²) < 4.78 is 201. The van der Waals surface area contributed by atoms with Crippen molar-refractivity contribution < 1.29 is 119 Å². The second kappa shape index (κ2) is 32.1. The molecule has 6 N–H and O–H groups in total. The lowest BCUT2D eigenvalue weighted by atomic mass is 9.79. The fourth-order valence-corrected chi connectivity index (χ4v) is 17.0. The number of hydrogen-bond acceptors (Lipinski definition) is 22. The number of unbranched alkanes of at least 4 members (excludes halogenated alkanes) is 2. The predicted octanol–water partition coefficient (Wildman–Crippen LogP) is 10.1. The number of carbonyl (C=O) groups excluding carboxylic acids is 2. The Balaban J connectivity index is 0.666. The molecule has 7 aromatic carbocycles. The molecule has 28 nitrogen and oxygen atoms in total. The second-order valence-corrected chi connectivity index (χ2v) is 32.3. The van der Waals surface area contributed by atoms with Crippen LogP contribution in [0.2, 0.25) is 0 Å². The SMILES string of the molecule is CCN1C(=CC=CC=CC2=[N+](CCCCCC(=O)NCCOCCOCCOCCOc3cc(CC4=C(c5ccc6c(c5)OCO6)C(=O)OC4(O)c4ccc(OC)cc4)cc(OC)c3OC)c3ccc4c(S(=O)(=O)O)cc(S(=O)(=O)O)cc4c3C2(C)C)C(C)(C)c2c1ccc1c(S(=O)(=O)O)cc(S(=O)(=O)O)cc21. The number of carbonyl (C=O) groups is 2. The molecule has 1 amide bonds. The van der Waals surface area contributed by atoms with Crippen molar-refractivity contribution in [3.05, 3.63) is 173 Å². The van der Waals surface area contributed by atoms with E-state index in [2.05, 4.69) is 5.32 Å². The number of hydrogen-bond donors (Lipinski definition) is 6. The lowest BCUT2D eigenvalue weighted by Gasteiger charge is -2.26. The van der Waals surface area contributed by atoms with Crippen LogP contribution < -0.4 is 38.6 Å². The zero-order valence-corrected chi connectivity index (χ0v) is 63.7. The van der Waals surface area contributed by atoms with Gasteiger partial charge in [-0.2, -0.15) is 38.2 Å². The van der Waals surface area contributed by atoms with E-state index < -0.39 is 82.6 Å². The highest BCUT2D eigenvalue weighted by Gasteiger charge is 2.50. The highest BCUT2D eigenvalue weighted by atomic mass is 32.2. The van der Waals surface area contributed by atoms with Crippen LogP contribution in [0.1, 0.15) is 88.1 Å². The molecule has 0 aliphatic carbocycles. The van der Waals surface area contributed by atoms with Gasteiger partial charge in [0.1, 0.15) is 28.7 Å². The van der Waals surface area contributed by atoms with Gasteiger partial charge in [-0.3, -0.25) is 23.0 Å². The summed E-state index contributed by atoms with van der Waals surface area (Å²) in [5, 5.41) is 15.6. The van der Waals surface area contributed by atoms with Crippen molar-refractivity contribution in [2.24, 2.45) is 0 Å². The Kier molecular flexibility index (Phi) is 23.7. The van der Waals surface area contributed by atoms with E-state index in [0.29, 0.717) is 124 Å². The molecular formula is C76H84N3O25S4+. The zero-order valence-electron chi connectivity index (χ0n) is 60.4. The number of ether oxygens (including phenoxy) is 10. The summed E-state index contributed by atoms with van der Waals surface area (Å²) in [7, 11) is -15.4. The average Bonchev–Trinajstić information content (AvgIpc) is 1.54. The van der Waals surface area contributed by atoms with Gasteiger partial charge < -0.3 is 62.7 Å². The van der Waals surface area contributed by atoms with E-state index in [9.17, 15) is 66.6 Å². The number of fused-ring (bicyclic) bond motifs is 7. The van der Waals surface area contributed by atoms with Gasteiger partial charge in [0, 0.05) is 88.8 Å². The molecule has 32 heteroatoms. The molecule has 0 saturated carbocycles. The number of benzene rings is 7. The summed E-state index contributed by atoms with van der Waals surface area (Å²) in [6.45, 7) is 12.0. The van der Waals surface area contributed by atoms with Gasteiger partial charge in [-0.1, -0.05) is 44.2 Å². The minimum atomic E-state index is -5.02. The molecule has 1 atom stereocenters. The maximum absolute atomic E-state index is 13.8. The molecule has 4 heterocycles. The summed E-state index contributed by atoms with van der Waals surface area (Å²) in [6, 6.07) is 25.1. The number of allylic oxidation sites excluding steroid dienone is 6. The average molecular weight is 1570 g/mol. The Morgan fingerprint density at radius 1 is 0.620 bits per heavy atom. The molecule has 108 heavy (non-hydrogen) atoms. The number of anilines is 1. The third kappa shape index (κ3) is 16.6. The highest BCUT2D eigenvalue weighted by molar-refractivity contribution is 7.87. The van der Waals surface area contributed by atoms with Crippen LogP contribution in [0.5, 0.6) is 34.5 Å². The van der Waals surface area contributed by atoms with Crippen molar-refractivity contribution in [1.29, 1.82) is 0 Å². The van der Waals surface area contributed by atoms with Gasteiger partial charge in [-0.25, -0.2) is 4.79 Å². The van der Waals surface area contributed by atoms with Crippen LogP contribution in [0.15, 0.2) is 164 Å². The Bertz CT molecular complexity index is 5340. The molecular weight excluding hydrogens is 1480 g/mol. The minimum Gasteiger partial charge on any atom is -0.497 e. The van der Waals surface area contributed by atoms with Crippen LogP contribution in [0, 0.1) is 0 Å². The number of aliphatic hydroxyl groups is 1. The summed E-state index contributed by atoms with van der Waals surface area (Å²) >= 11 is 0. The molecule has 0 bridgehead atoms. The number of methoxy groups -OCH3 is 3. The normalized spacial score (nSPS) is 17.2. The number of nitrogens with one attached hydrogen (secondary N) is 1. The number of amides is 1. The first-order valence-corrected chi connectivity index (χ1v) is 40.1. The van der Waals surface area contributed by atoms with Crippen LogP contribution >= 0.6 is 0 Å². The fraction of sp³-hybridized carbons (Fsp3) is 0.355. The molecule has 4 aliphatic rings. The number of esters is 1. The monoisotopic (exact) mass is 1570 g/mol. The van der Waals surface area contributed by atoms with Gasteiger partial charge in [0.05, 0.1) is 81.7 Å². The lowest BCUT2D eigenvalue weighted by molar-refractivity contribution is -0.438. The van der Waals surface area contributed by atoms with Crippen molar-refractivity contribution in [3.63, 3.8) is 0 Å². The first-order chi connectivity index (χ1) is 51.1. The van der Waals surface area contributed by atoms with Gasteiger partial charge in [0.2, 0.25) is 24.1 Å². The number of likely N-dealkylation sites (N-methyl/N-ethyl adjacent to an activating group) is 1. The minimum absolute atomic E-state index is 0.00526. The zero-order chi connectivity index (χ0) is 77.9. The van der Waals surface area contributed by atoms with Crippen LogP contribution in [0.25, 0.3) is 27.1 Å².